The predicted octanol–water partition coefficient (Wildman–Crippen LogP) is 5.39. The summed E-state index contributed by atoms with van der Waals surface area (Å²) in [5, 5.41) is 0. The third-order valence-electron chi connectivity index (χ3n) is 11.2. The Morgan fingerprint density at radius 1 is 0.569 bits per heavy atom. The van der Waals surface area contributed by atoms with Gasteiger partial charge in [-0.05, 0) is 85.4 Å². The maximum absolute atomic E-state index is 14.4. The largest absolute Gasteiger partial charge is 0.272 e. The molecule has 0 radical (unpaired) electrons. The topological polar surface area (TPSA) is 112 Å². The van der Waals surface area contributed by atoms with Crippen LogP contribution >= 0.6 is 0 Å². The molecule has 3 heterocycles. The van der Waals surface area contributed by atoms with Crippen LogP contribution in [0.4, 0.5) is 0 Å². The lowest BCUT2D eigenvalue weighted by atomic mass is 9.57. The minimum absolute atomic E-state index is 0.0539. The van der Waals surface area contributed by atoms with E-state index in [-0.39, 0.29) is 59.2 Å². The molecule has 0 amide bonds. The van der Waals surface area contributed by atoms with Gasteiger partial charge >= 0.3 is 0 Å². The van der Waals surface area contributed by atoms with Crippen molar-refractivity contribution in [2.24, 2.45) is 11.8 Å². The normalized spacial score (nSPS) is 24.0. The average molecular weight is 742 g/mol. The molecular formula is C39H39N3O6S3. The van der Waals surface area contributed by atoms with Gasteiger partial charge in [-0.25, -0.2) is 25.3 Å². The second-order valence-electron chi connectivity index (χ2n) is 14.2. The molecule has 0 bridgehead atoms. The predicted molar refractivity (Wildman–Crippen MR) is 195 cm³/mol. The zero-order valence-corrected chi connectivity index (χ0v) is 31.0. The fraction of sp³-hybridized carbons (Fsp3) is 0.282. The van der Waals surface area contributed by atoms with Crippen molar-refractivity contribution in [2.45, 2.75) is 40.9 Å². The zero-order valence-electron chi connectivity index (χ0n) is 28.6. The van der Waals surface area contributed by atoms with Crippen LogP contribution in [0.1, 0.15) is 22.3 Å². The molecule has 0 saturated carbocycles. The first-order chi connectivity index (χ1) is 24.2. The summed E-state index contributed by atoms with van der Waals surface area (Å²) in [6.45, 7) is 6.21. The number of nitrogens with zero attached hydrogens (tertiary/aromatic N) is 3. The third-order valence-corrected chi connectivity index (χ3v) is 16.5. The van der Waals surface area contributed by atoms with Crippen LogP contribution in [0, 0.1) is 32.6 Å². The second-order valence-corrected chi connectivity index (χ2v) is 19.9. The summed E-state index contributed by atoms with van der Waals surface area (Å²) in [5.41, 5.74) is 5.10. The Morgan fingerprint density at radius 3 is 1.59 bits per heavy atom. The van der Waals surface area contributed by atoms with E-state index in [0.717, 1.165) is 39.0 Å². The number of rotatable bonds is 7. The van der Waals surface area contributed by atoms with E-state index in [4.69, 9.17) is 0 Å². The molecule has 4 aromatic carbocycles. The number of sulfonamides is 3. The highest BCUT2D eigenvalue weighted by Gasteiger charge is 2.62. The van der Waals surface area contributed by atoms with Gasteiger partial charge in [0.25, 0.3) is 10.0 Å². The van der Waals surface area contributed by atoms with Gasteiger partial charge in [0.15, 0.2) is 0 Å². The van der Waals surface area contributed by atoms with E-state index in [0.29, 0.717) is 0 Å². The molecular weight excluding hydrogens is 703 g/mol. The van der Waals surface area contributed by atoms with Gasteiger partial charge in [0, 0.05) is 50.3 Å². The summed E-state index contributed by atoms with van der Waals surface area (Å²) in [5.74, 6) is -0.719. The molecule has 3 atom stereocenters. The Balaban J connectivity index is 1.29. The molecule has 1 aliphatic carbocycles. The summed E-state index contributed by atoms with van der Waals surface area (Å²) >= 11 is 0. The molecule has 0 N–H and O–H groups in total. The minimum atomic E-state index is -4.02. The maximum Gasteiger partial charge on any atom is 0.263 e. The first-order valence-corrected chi connectivity index (χ1v) is 21.3. The highest BCUT2D eigenvalue weighted by atomic mass is 32.2. The number of fused-ring (bicyclic) bond motifs is 5. The Kier molecular flexibility index (Phi) is 8.00. The van der Waals surface area contributed by atoms with E-state index in [1.165, 1.54) is 12.9 Å². The van der Waals surface area contributed by atoms with Gasteiger partial charge in [-0.2, -0.15) is 8.61 Å². The monoisotopic (exact) mass is 741 g/mol. The van der Waals surface area contributed by atoms with E-state index < -0.39 is 35.5 Å². The van der Waals surface area contributed by atoms with Crippen LogP contribution in [-0.4, -0.2) is 70.9 Å². The number of hydrogen-bond acceptors (Lipinski definition) is 6. The van der Waals surface area contributed by atoms with Crippen molar-refractivity contribution in [3.63, 3.8) is 0 Å². The van der Waals surface area contributed by atoms with Gasteiger partial charge < -0.3 is 0 Å². The van der Waals surface area contributed by atoms with Crippen molar-refractivity contribution in [3.05, 3.63) is 148 Å². The molecule has 0 unspecified atom stereocenters. The van der Waals surface area contributed by atoms with Crippen LogP contribution in [0.5, 0.6) is 0 Å². The Hall–Kier alpha value is -4.07. The van der Waals surface area contributed by atoms with Crippen molar-refractivity contribution in [3.8, 4) is 0 Å². The molecule has 9 nitrogen and oxygen atoms in total. The molecule has 264 valence electrons. The van der Waals surface area contributed by atoms with E-state index >= 15 is 0 Å². The molecule has 12 heteroatoms. The van der Waals surface area contributed by atoms with Crippen LogP contribution in [0.2, 0.25) is 0 Å². The quantitative estimate of drug-likeness (QED) is 0.251. The van der Waals surface area contributed by atoms with E-state index in [1.807, 2.05) is 51.1 Å². The van der Waals surface area contributed by atoms with Crippen LogP contribution in [-0.2, 0) is 35.5 Å². The highest BCUT2D eigenvalue weighted by Crippen LogP contribution is 2.60. The Bertz CT molecular complexity index is 2430. The van der Waals surface area contributed by atoms with Gasteiger partial charge in [-0.3, -0.25) is 4.31 Å². The first kappa shape index (κ1) is 34.0. The molecule has 4 aliphatic rings. The van der Waals surface area contributed by atoms with Crippen molar-refractivity contribution >= 4 is 30.1 Å². The van der Waals surface area contributed by atoms with Crippen molar-refractivity contribution < 1.29 is 25.3 Å². The first-order valence-electron chi connectivity index (χ1n) is 17.0. The lowest BCUT2D eigenvalue weighted by Gasteiger charge is -2.45. The Morgan fingerprint density at radius 2 is 1.06 bits per heavy atom. The van der Waals surface area contributed by atoms with Crippen LogP contribution in [0.25, 0.3) is 0 Å². The minimum Gasteiger partial charge on any atom is -0.272 e. The van der Waals surface area contributed by atoms with Crippen LogP contribution in [0.3, 0.4) is 0 Å². The standard InChI is InChI=1S/C39H39N3O6S3/c1-27-9-15-31(16-10-27)49(43,44)40-21-34-35(22-40)38-25-42(51(47,48)33-19-13-29(3)14-20-33)26-39(38,30-7-5-4-6-8-30)37-24-41(23-36(34)37)50(45,46)32-17-11-28(2)12-18-32/h4-20,25,36-37H,21-24,26H2,1-3H3/t36-,37-,39-/m0/s1. The molecule has 1 saturated heterocycles. The molecule has 0 aromatic heterocycles. The number of hydrogen-bond donors (Lipinski definition) is 0. The van der Waals surface area contributed by atoms with Crippen LogP contribution < -0.4 is 0 Å². The van der Waals surface area contributed by atoms with Gasteiger partial charge in [0.05, 0.1) is 14.7 Å². The third kappa shape index (κ3) is 5.33. The van der Waals surface area contributed by atoms with Gasteiger partial charge in [0.1, 0.15) is 0 Å². The van der Waals surface area contributed by atoms with Crippen molar-refractivity contribution in [1.29, 1.82) is 0 Å². The molecule has 0 spiro atoms. The number of benzene rings is 4. The fourth-order valence-electron chi connectivity index (χ4n) is 8.42. The lowest BCUT2D eigenvalue weighted by Crippen LogP contribution is -2.48. The zero-order chi connectivity index (χ0) is 35.9. The molecule has 4 aromatic rings. The summed E-state index contributed by atoms with van der Waals surface area (Å²) < 4.78 is 90.0. The van der Waals surface area contributed by atoms with E-state index in [1.54, 1.807) is 79.0 Å². The summed E-state index contributed by atoms with van der Waals surface area (Å²) in [6.07, 6.45) is 1.69. The molecule has 51 heavy (non-hydrogen) atoms. The molecule has 3 aliphatic heterocycles. The van der Waals surface area contributed by atoms with E-state index in [9.17, 15) is 25.3 Å². The maximum atomic E-state index is 14.4. The van der Waals surface area contributed by atoms with Crippen molar-refractivity contribution in [2.75, 3.05) is 32.7 Å². The SMILES string of the molecule is Cc1ccc(S(=O)(=O)N2C=C3C4=C(CN(S(=O)(=O)c5ccc(C)cc5)C4)[C@@H]4CN(S(=O)(=O)c5ccc(C)cc5)C[C@@H]4[C@@]3(c3ccccc3)C2)cc1. The van der Waals surface area contributed by atoms with Gasteiger partial charge in [0.2, 0.25) is 20.0 Å². The highest BCUT2D eigenvalue weighted by molar-refractivity contribution is 7.89. The lowest BCUT2D eigenvalue weighted by molar-refractivity contribution is 0.264. The van der Waals surface area contributed by atoms with E-state index in [2.05, 4.69) is 0 Å². The smallest absolute Gasteiger partial charge is 0.263 e. The molecule has 8 rings (SSSR count). The van der Waals surface area contributed by atoms with Crippen LogP contribution in [0.15, 0.2) is 141 Å². The number of aryl methyl sites for hydroxylation is 3. The molecule has 1 fully saturated rings. The van der Waals surface area contributed by atoms with Gasteiger partial charge in [-0.15, -0.1) is 0 Å². The fourth-order valence-corrected chi connectivity index (χ4v) is 12.7. The summed E-state index contributed by atoms with van der Waals surface area (Å²) in [7, 11) is -11.9. The summed E-state index contributed by atoms with van der Waals surface area (Å²) in [6, 6.07) is 30.0. The second kappa shape index (κ2) is 12.0. The van der Waals surface area contributed by atoms with Crippen molar-refractivity contribution in [1.82, 2.24) is 12.9 Å². The Labute approximate surface area is 300 Å². The summed E-state index contributed by atoms with van der Waals surface area (Å²) in [4.78, 5) is 0.524. The van der Waals surface area contributed by atoms with Gasteiger partial charge in [-0.1, -0.05) is 83.4 Å². The average Bonchev–Trinajstić information content (AvgIpc) is 3.86.